The van der Waals surface area contributed by atoms with Gasteiger partial charge in [-0.05, 0) is 31.0 Å². The van der Waals surface area contributed by atoms with Gasteiger partial charge in [0.05, 0.1) is 40.6 Å². The van der Waals surface area contributed by atoms with Gasteiger partial charge in [0.2, 0.25) is 0 Å². The van der Waals surface area contributed by atoms with Crippen molar-refractivity contribution in [3.8, 4) is 11.3 Å². The number of rotatable bonds is 8. The molecule has 1 aromatic carbocycles. The first-order valence-corrected chi connectivity index (χ1v) is 13.7. The summed E-state index contributed by atoms with van der Waals surface area (Å²) >= 11 is 0. The first-order valence-electron chi connectivity index (χ1n) is 11.9. The summed E-state index contributed by atoms with van der Waals surface area (Å²) in [5, 5.41) is 5.16. The summed E-state index contributed by atoms with van der Waals surface area (Å²) < 4.78 is 31.7. The number of sulfone groups is 1. The van der Waals surface area contributed by atoms with Gasteiger partial charge in [-0.2, -0.15) is 5.10 Å². The average Bonchev–Trinajstić information content (AvgIpc) is 3.60. The van der Waals surface area contributed by atoms with Crippen LogP contribution < -0.4 is 0 Å². The normalized spacial score (nSPS) is 17.1. The standard InChI is InChI=1S/C26H28N4O4S/c1-2-3-12-29(20-11-14-35(32,33)18-20)26(31)22-15-24(19-8-5-4-6-9-19)28-25-23(22)16-27-30(25)17-21-10-7-13-34-21/h4-10,13,15-16,20H,2-3,11-12,14,17-18H2,1H3. The monoisotopic (exact) mass is 492 g/mol. The van der Waals surface area contributed by atoms with E-state index in [1.807, 2.05) is 42.5 Å². The zero-order chi connectivity index (χ0) is 24.4. The molecule has 1 amide bonds. The van der Waals surface area contributed by atoms with Gasteiger partial charge in [-0.1, -0.05) is 43.7 Å². The zero-order valence-corrected chi connectivity index (χ0v) is 20.4. The van der Waals surface area contributed by atoms with Crippen molar-refractivity contribution < 1.29 is 17.6 Å². The van der Waals surface area contributed by atoms with E-state index in [1.165, 1.54) is 0 Å². The van der Waals surface area contributed by atoms with Crippen molar-refractivity contribution in [3.63, 3.8) is 0 Å². The molecule has 35 heavy (non-hydrogen) atoms. The van der Waals surface area contributed by atoms with Crippen LogP contribution in [0, 0.1) is 0 Å². The number of hydrogen-bond donors (Lipinski definition) is 0. The number of pyridine rings is 1. The highest BCUT2D eigenvalue weighted by Crippen LogP contribution is 2.28. The number of carbonyl (C=O) groups excluding carboxylic acids is 1. The van der Waals surface area contributed by atoms with Crippen LogP contribution in [0.1, 0.15) is 42.3 Å². The highest BCUT2D eigenvalue weighted by Gasteiger charge is 2.35. The van der Waals surface area contributed by atoms with Crippen LogP contribution >= 0.6 is 0 Å². The molecule has 1 saturated heterocycles. The zero-order valence-electron chi connectivity index (χ0n) is 19.6. The number of amides is 1. The molecular formula is C26H28N4O4S. The van der Waals surface area contributed by atoms with E-state index in [2.05, 4.69) is 12.0 Å². The molecule has 4 aromatic rings. The molecule has 182 valence electrons. The van der Waals surface area contributed by atoms with E-state index in [0.29, 0.717) is 41.8 Å². The number of fused-ring (bicyclic) bond motifs is 1. The second-order valence-corrected chi connectivity index (χ2v) is 11.2. The van der Waals surface area contributed by atoms with Crippen LogP contribution in [0.15, 0.2) is 65.4 Å². The minimum atomic E-state index is -3.13. The van der Waals surface area contributed by atoms with Gasteiger partial charge < -0.3 is 9.32 Å². The Morgan fingerprint density at radius 1 is 1.20 bits per heavy atom. The molecule has 1 aliphatic rings. The maximum Gasteiger partial charge on any atom is 0.255 e. The summed E-state index contributed by atoms with van der Waals surface area (Å²) in [5.74, 6) is 0.688. The second kappa shape index (κ2) is 9.65. The van der Waals surface area contributed by atoms with Gasteiger partial charge in [-0.15, -0.1) is 0 Å². The Bertz CT molecular complexity index is 1430. The van der Waals surface area contributed by atoms with Crippen molar-refractivity contribution in [2.45, 2.75) is 38.8 Å². The van der Waals surface area contributed by atoms with E-state index in [1.54, 1.807) is 28.1 Å². The van der Waals surface area contributed by atoms with Gasteiger partial charge in [0.1, 0.15) is 12.3 Å². The molecule has 8 nitrogen and oxygen atoms in total. The first kappa shape index (κ1) is 23.3. The van der Waals surface area contributed by atoms with Gasteiger partial charge in [-0.3, -0.25) is 4.79 Å². The molecule has 0 saturated carbocycles. The summed E-state index contributed by atoms with van der Waals surface area (Å²) in [6.45, 7) is 2.96. The lowest BCUT2D eigenvalue weighted by molar-refractivity contribution is 0.0696. The maximum atomic E-state index is 14.0. The number of benzene rings is 1. The van der Waals surface area contributed by atoms with Crippen LogP contribution in [0.4, 0.5) is 0 Å². The van der Waals surface area contributed by atoms with E-state index in [4.69, 9.17) is 9.40 Å². The summed E-state index contributed by atoms with van der Waals surface area (Å²) in [7, 11) is -3.13. The summed E-state index contributed by atoms with van der Waals surface area (Å²) in [5.41, 5.74) is 2.62. The van der Waals surface area contributed by atoms with Crippen LogP contribution in [-0.2, 0) is 16.4 Å². The second-order valence-electron chi connectivity index (χ2n) is 8.95. The Hall–Kier alpha value is -3.46. The van der Waals surface area contributed by atoms with E-state index in [-0.39, 0.29) is 23.5 Å². The highest BCUT2D eigenvalue weighted by atomic mass is 32.2. The van der Waals surface area contributed by atoms with E-state index < -0.39 is 9.84 Å². The third-order valence-electron chi connectivity index (χ3n) is 6.46. The van der Waals surface area contributed by atoms with Crippen molar-refractivity contribution in [3.05, 3.63) is 72.3 Å². The van der Waals surface area contributed by atoms with Gasteiger partial charge in [0.25, 0.3) is 5.91 Å². The molecule has 0 spiro atoms. The molecule has 0 N–H and O–H groups in total. The third kappa shape index (κ3) is 4.86. The van der Waals surface area contributed by atoms with Crippen molar-refractivity contribution in [2.75, 3.05) is 18.1 Å². The van der Waals surface area contributed by atoms with Crippen LogP contribution in [0.25, 0.3) is 22.3 Å². The largest absolute Gasteiger partial charge is 0.467 e. The van der Waals surface area contributed by atoms with Gasteiger partial charge in [0.15, 0.2) is 15.5 Å². The Kier molecular flexibility index (Phi) is 6.42. The average molecular weight is 493 g/mol. The fourth-order valence-electron chi connectivity index (χ4n) is 4.60. The molecule has 1 aliphatic heterocycles. The Balaban J connectivity index is 1.61. The van der Waals surface area contributed by atoms with Crippen LogP contribution in [0.5, 0.6) is 0 Å². The van der Waals surface area contributed by atoms with Gasteiger partial charge in [-0.25, -0.2) is 18.1 Å². The lowest BCUT2D eigenvalue weighted by atomic mass is 10.0. The van der Waals surface area contributed by atoms with E-state index in [0.717, 1.165) is 24.2 Å². The molecule has 1 atom stereocenters. The predicted molar refractivity (Wildman–Crippen MR) is 134 cm³/mol. The summed E-state index contributed by atoms with van der Waals surface area (Å²) in [6, 6.07) is 14.9. The molecule has 0 bridgehead atoms. The SMILES string of the molecule is CCCCN(C(=O)c1cc(-c2ccccc2)nc2c1cnn2Cc1ccco1)C1CCS(=O)(=O)C1. The lowest BCUT2D eigenvalue weighted by Crippen LogP contribution is -2.41. The molecule has 3 aromatic heterocycles. The van der Waals surface area contributed by atoms with Crippen LogP contribution in [-0.4, -0.2) is 58.1 Å². The number of nitrogens with zero attached hydrogens (tertiary/aromatic N) is 4. The Morgan fingerprint density at radius 3 is 2.71 bits per heavy atom. The minimum Gasteiger partial charge on any atom is -0.467 e. The highest BCUT2D eigenvalue weighted by molar-refractivity contribution is 7.91. The topological polar surface area (TPSA) is 98.3 Å². The number of unbranched alkanes of at least 4 members (excludes halogenated alkanes) is 1. The number of furan rings is 1. The van der Waals surface area contributed by atoms with Crippen molar-refractivity contribution in [1.29, 1.82) is 0 Å². The minimum absolute atomic E-state index is 0.0139. The van der Waals surface area contributed by atoms with E-state index in [9.17, 15) is 13.2 Å². The Morgan fingerprint density at radius 2 is 2.03 bits per heavy atom. The molecule has 9 heteroatoms. The quantitative estimate of drug-likeness (QED) is 0.366. The number of aromatic nitrogens is 3. The molecule has 0 aliphatic carbocycles. The fourth-order valence-corrected chi connectivity index (χ4v) is 6.33. The molecule has 0 radical (unpaired) electrons. The van der Waals surface area contributed by atoms with Crippen molar-refractivity contribution >= 4 is 26.8 Å². The molecular weight excluding hydrogens is 464 g/mol. The molecule has 5 rings (SSSR count). The molecule has 4 heterocycles. The van der Waals surface area contributed by atoms with E-state index >= 15 is 0 Å². The van der Waals surface area contributed by atoms with Gasteiger partial charge in [0, 0.05) is 18.2 Å². The predicted octanol–water partition coefficient (Wildman–Crippen LogP) is 4.17. The summed E-state index contributed by atoms with van der Waals surface area (Å²) in [6.07, 6.45) is 5.46. The van der Waals surface area contributed by atoms with Gasteiger partial charge >= 0.3 is 0 Å². The van der Waals surface area contributed by atoms with Crippen LogP contribution in [0.3, 0.4) is 0 Å². The maximum absolute atomic E-state index is 14.0. The third-order valence-corrected chi connectivity index (χ3v) is 8.21. The smallest absolute Gasteiger partial charge is 0.255 e. The Labute approximate surface area is 204 Å². The van der Waals surface area contributed by atoms with Crippen molar-refractivity contribution in [2.24, 2.45) is 0 Å². The summed E-state index contributed by atoms with van der Waals surface area (Å²) in [4.78, 5) is 20.6. The van der Waals surface area contributed by atoms with Crippen LogP contribution in [0.2, 0.25) is 0 Å². The number of hydrogen-bond acceptors (Lipinski definition) is 6. The molecule has 1 unspecified atom stereocenters. The van der Waals surface area contributed by atoms with Crippen molar-refractivity contribution in [1.82, 2.24) is 19.7 Å². The first-order chi connectivity index (χ1) is 16.9. The lowest BCUT2D eigenvalue weighted by Gasteiger charge is -2.28. The molecule has 1 fully saturated rings. The number of carbonyl (C=O) groups is 1. The fraction of sp³-hybridized carbons (Fsp3) is 0.346.